The fourth-order valence-electron chi connectivity index (χ4n) is 1.17. The van der Waals surface area contributed by atoms with Crippen LogP contribution in [0.4, 0.5) is 0 Å². The van der Waals surface area contributed by atoms with Gasteiger partial charge in [-0.3, -0.25) is 0 Å². The van der Waals surface area contributed by atoms with E-state index < -0.39 is 0 Å². The lowest BCUT2D eigenvalue weighted by atomic mass is 10.2. The zero-order valence-electron chi connectivity index (χ0n) is 8.49. The first-order valence-corrected chi connectivity index (χ1v) is 6.09. The fraction of sp³-hybridized carbons (Fsp3) is 0.417. The van der Waals surface area contributed by atoms with Crippen molar-refractivity contribution in [1.29, 1.82) is 5.26 Å². The van der Waals surface area contributed by atoms with Gasteiger partial charge in [-0.2, -0.15) is 17.0 Å². The Morgan fingerprint density at radius 3 is 3.00 bits per heavy atom. The highest BCUT2D eigenvalue weighted by atomic mass is 32.2. The molecule has 74 valence electrons. The molecule has 1 nitrogen and oxygen atoms in total. The molecule has 1 aromatic rings. The minimum atomic E-state index is 0.763. The van der Waals surface area contributed by atoms with Gasteiger partial charge in [0.05, 0.1) is 11.6 Å². The summed E-state index contributed by atoms with van der Waals surface area (Å²) in [5, 5.41) is 8.71. The van der Waals surface area contributed by atoms with Gasteiger partial charge in [0.1, 0.15) is 0 Å². The van der Waals surface area contributed by atoms with E-state index in [2.05, 4.69) is 19.1 Å². The Kier molecular flexibility index (Phi) is 5.17. The van der Waals surface area contributed by atoms with Crippen LogP contribution in [-0.2, 0) is 5.75 Å². The monoisotopic (exact) mass is 205 g/mol. The van der Waals surface area contributed by atoms with Gasteiger partial charge in [-0.25, -0.2) is 0 Å². The maximum absolute atomic E-state index is 8.71. The molecule has 0 heterocycles. The summed E-state index contributed by atoms with van der Waals surface area (Å²) >= 11 is 1.94. The lowest BCUT2D eigenvalue weighted by Crippen LogP contribution is -1.84. The molecule has 0 N–H and O–H groups in total. The molecule has 0 aliphatic rings. The van der Waals surface area contributed by atoms with E-state index in [0.29, 0.717) is 0 Å². The van der Waals surface area contributed by atoms with Gasteiger partial charge in [-0.05, 0) is 29.9 Å². The van der Waals surface area contributed by atoms with Gasteiger partial charge < -0.3 is 0 Å². The summed E-state index contributed by atoms with van der Waals surface area (Å²) in [6, 6.07) is 10.0. The van der Waals surface area contributed by atoms with Gasteiger partial charge in [-0.15, -0.1) is 0 Å². The Labute approximate surface area is 90.1 Å². The second-order valence-corrected chi connectivity index (χ2v) is 4.32. The first kappa shape index (κ1) is 11.1. The Morgan fingerprint density at radius 2 is 2.29 bits per heavy atom. The zero-order valence-corrected chi connectivity index (χ0v) is 9.31. The van der Waals surface area contributed by atoms with E-state index in [9.17, 15) is 0 Å². The molecule has 0 amide bonds. The highest BCUT2D eigenvalue weighted by molar-refractivity contribution is 7.98. The van der Waals surface area contributed by atoms with E-state index in [1.54, 1.807) is 0 Å². The van der Waals surface area contributed by atoms with Crippen LogP contribution in [-0.4, -0.2) is 5.75 Å². The molecule has 0 aromatic heterocycles. The smallest absolute Gasteiger partial charge is 0.0991 e. The van der Waals surface area contributed by atoms with Crippen molar-refractivity contribution >= 4 is 11.8 Å². The van der Waals surface area contributed by atoms with Crippen molar-refractivity contribution in [2.24, 2.45) is 0 Å². The number of nitrogens with zero attached hydrogens (tertiary/aromatic N) is 1. The number of thioether (sulfide) groups is 1. The van der Waals surface area contributed by atoms with Crippen LogP contribution < -0.4 is 0 Å². The molecule has 0 bridgehead atoms. The summed E-state index contributed by atoms with van der Waals surface area (Å²) in [5.74, 6) is 2.24. The molecular formula is C12H15NS. The molecule has 0 aliphatic carbocycles. The molecule has 0 spiro atoms. The van der Waals surface area contributed by atoms with Crippen molar-refractivity contribution in [2.45, 2.75) is 25.5 Å². The van der Waals surface area contributed by atoms with Crippen LogP contribution in [0, 0.1) is 11.3 Å². The summed E-state index contributed by atoms with van der Waals surface area (Å²) in [5.41, 5.74) is 2.02. The summed E-state index contributed by atoms with van der Waals surface area (Å²) in [6.45, 7) is 2.21. The highest BCUT2D eigenvalue weighted by Gasteiger charge is 1.95. The molecule has 2 heteroatoms. The quantitative estimate of drug-likeness (QED) is 0.686. The van der Waals surface area contributed by atoms with E-state index in [-0.39, 0.29) is 0 Å². The number of nitriles is 1. The van der Waals surface area contributed by atoms with Gasteiger partial charge in [0.15, 0.2) is 0 Å². The summed E-state index contributed by atoms with van der Waals surface area (Å²) in [6.07, 6.45) is 2.54. The molecule has 0 saturated heterocycles. The second-order valence-electron chi connectivity index (χ2n) is 3.22. The van der Waals surface area contributed by atoms with Crippen LogP contribution in [0.5, 0.6) is 0 Å². The minimum Gasteiger partial charge on any atom is -0.192 e. The van der Waals surface area contributed by atoms with Crippen LogP contribution >= 0.6 is 11.8 Å². The highest BCUT2D eigenvalue weighted by Crippen LogP contribution is 2.14. The second kappa shape index (κ2) is 6.50. The first-order chi connectivity index (χ1) is 6.86. The lowest BCUT2D eigenvalue weighted by molar-refractivity contribution is 0.896. The van der Waals surface area contributed by atoms with E-state index in [0.717, 1.165) is 11.3 Å². The molecule has 0 atom stereocenters. The molecule has 0 unspecified atom stereocenters. The van der Waals surface area contributed by atoms with Crippen LogP contribution in [0.3, 0.4) is 0 Å². The third kappa shape index (κ3) is 3.85. The fourth-order valence-corrected chi connectivity index (χ4v) is 2.22. The number of hydrogen-bond donors (Lipinski definition) is 0. The SMILES string of the molecule is CCCCSCc1cccc(C#N)c1. The Balaban J connectivity index is 2.39. The molecule has 0 fully saturated rings. The standard InChI is InChI=1S/C12H15NS/c1-2-3-7-14-10-12-6-4-5-11(8-12)9-13/h4-6,8H,2-3,7,10H2,1H3. The van der Waals surface area contributed by atoms with Crippen molar-refractivity contribution in [3.8, 4) is 6.07 Å². The van der Waals surface area contributed by atoms with Crippen molar-refractivity contribution in [3.63, 3.8) is 0 Å². The molecule has 14 heavy (non-hydrogen) atoms. The van der Waals surface area contributed by atoms with Gasteiger partial charge in [0.2, 0.25) is 0 Å². The van der Waals surface area contributed by atoms with Crippen LogP contribution in [0.25, 0.3) is 0 Å². The minimum absolute atomic E-state index is 0.763. The predicted molar refractivity (Wildman–Crippen MR) is 62.2 cm³/mol. The first-order valence-electron chi connectivity index (χ1n) is 4.93. The van der Waals surface area contributed by atoms with Crippen molar-refractivity contribution in [1.82, 2.24) is 0 Å². The number of benzene rings is 1. The summed E-state index contributed by atoms with van der Waals surface area (Å²) in [7, 11) is 0. The topological polar surface area (TPSA) is 23.8 Å². The average Bonchev–Trinajstić information content (AvgIpc) is 2.25. The predicted octanol–water partition coefficient (Wildman–Crippen LogP) is 3.59. The maximum Gasteiger partial charge on any atom is 0.0991 e. The van der Waals surface area contributed by atoms with E-state index in [4.69, 9.17) is 5.26 Å². The van der Waals surface area contributed by atoms with Crippen molar-refractivity contribution in [2.75, 3.05) is 5.75 Å². The molecule has 0 aliphatic heterocycles. The van der Waals surface area contributed by atoms with Gasteiger partial charge in [0.25, 0.3) is 0 Å². The van der Waals surface area contributed by atoms with Crippen molar-refractivity contribution < 1.29 is 0 Å². The zero-order chi connectivity index (χ0) is 10.2. The summed E-state index contributed by atoms with van der Waals surface area (Å²) < 4.78 is 0. The van der Waals surface area contributed by atoms with Crippen LogP contribution in [0.1, 0.15) is 30.9 Å². The normalized spacial score (nSPS) is 9.71. The molecule has 0 saturated carbocycles. The van der Waals surface area contributed by atoms with Gasteiger partial charge >= 0.3 is 0 Å². The lowest BCUT2D eigenvalue weighted by Gasteiger charge is -2.01. The van der Waals surface area contributed by atoms with E-state index in [1.165, 1.54) is 24.2 Å². The largest absolute Gasteiger partial charge is 0.192 e. The summed E-state index contributed by atoms with van der Waals surface area (Å²) in [4.78, 5) is 0. The maximum atomic E-state index is 8.71. The number of unbranched alkanes of at least 4 members (excludes halogenated alkanes) is 1. The average molecular weight is 205 g/mol. The molecule has 0 radical (unpaired) electrons. The van der Waals surface area contributed by atoms with Crippen molar-refractivity contribution in [3.05, 3.63) is 35.4 Å². The van der Waals surface area contributed by atoms with E-state index in [1.807, 2.05) is 30.0 Å². The van der Waals surface area contributed by atoms with E-state index >= 15 is 0 Å². The number of hydrogen-bond acceptors (Lipinski definition) is 2. The third-order valence-electron chi connectivity index (χ3n) is 1.97. The number of rotatable bonds is 5. The Bertz CT molecular complexity index is 314. The molecular weight excluding hydrogens is 190 g/mol. The van der Waals surface area contributed by atoms with Gasteiger partial charge in [0, 0.05) is 5.75 Å². The van der Waals surface area contributed by atoms with Gasteiger partial charge in [-0.1, -0.05) is 25.5 Å². The van der Waals surface area contributed by atoms with Crippen LogP contribution in [0.15, 0.2) is 24.3 Å². The Hall–Kier alpha value is -0.940. The third-order valence-corrected chi connectivity index (χ3v) is 3.08. The van der Waals surface area contributed by atoms with Crippen LogP contribution in [0.2, 0.25) is 0 Å². The molecule has 1 aromatic carbocycles. The molecule has 1 rings (SSSR count). The Morgan fingerprint density at radius 1 is 1.43 bits per heavy atom.